The number of fused-ring (bicyclic) bond motifs is 1. The number of aliphatic carboxylic acids is 1. The molecule has 0 fully saturated rings. The molecule has 4 heteroatoms. The van der Waals surface area contributed by atoms with Crippen LogP contribution in [0.5, 0.6) is 0 Å². The molecule has 1 aliphatic rings. The van der Waals surface area contributed by atoms with Gasteiger partial charge in [0.25, 0.3) is 0 Å². The van der Waals surface area contributed by atoms with Gasteiger partial charge in [-0.15, -0.1) is 12.4 Å². The third-order valence-corrected chi connectivity index (χ3v) is 3.26. The van der Waals surface area contributed by atoms with E-state index in [1.165, 1.54) is 5.56 Å². The average molecular weight is 242 g/mol. The van der Waals surface area contributed by atoms with Crippen LogP contribution in [0.3, 0.4) is 0 Å². The van der Waals surface area contributed by atoms with Gasteiger partial charge in [-0.25, -0.2) is 0 Å². The van der Waals surface area contributed by atoms with Crippen molar-refractivity contribution in [2.24, 2.45) is 11.7 Å². The Kier molecular flexibility index (Phi) is 3.94. The summed E-state index contributed by atoms with van der Waals surface area (Å²) in [5, 5.41) is 9.03. The summed E-state index contributed by atoms with van der Waals surface area (Å²) in [6, 6.07) is 7.88. The molecule has 0 heterocycles. The molecule has 1 aromatic carbocycles. The fourth-order valence-corrected chi connectivity index (χ4v) is 2.45. The summed E-state index contributed by atoms with van der Waals surface area (Å²) in [7, 11) is 0. The van der Waals surface area contributed by atoms with Crippen molar-refractivity contribution < 1.29 is 9.90 Å². The molecule has 0 amide bonds. The molecule has 0 saturated carbocycles. The Labute approximate surface area is 101 Å². The van der Waals surface area contributed by atoms with Crippen LogP contribution in [0.1, 0.15) is 24.0 Å². The van der Waals surface area contributed by atoms with E-state index in [4.69, 9.17) is 10.8 Å². The second-order valence-electron chi connectivity index (χ2n) is 4.22. The number of halogens is 1. The van der Waals surface area contributed by atoms with Gasteiger partial charge in [-0.2, -0.15) is 0 Å². The summed E-state index contributed by atoms with van der Waals surface area (Å²) in [6.45, 7) is 1.73. The number of carboxylic acid groups (broad SMARTS) is 1. The van der Waals surface area contributed by atoms with Crippen molar-refractivity contribution in [1.82, 2.24) is 0 Å². The Bertz CT molecular complexity index is 394. The number of carboxylic acids is 1. The van der Waals surface area contributed by atoms with E-state index in [9.17, 15) is 4.79 Å². The minimum atomic E-state index is -0.771. The number of benzene rings is 1. The Hall–Kier alpha value is -1.06. The maximum absolute atomic E-state index is 11.0. The molecule has 0 saturated heterocycles. The summed E-state index contributed by atoms with van der Waals surface area (Å²) in [5.74, 6) is -1.23. The number of hydrogen-bond donors (Lipinski definition) is 2. The Balaban J connectivity index is 0.00000128. The molecular weight excluding hydrogens is 226 g/mol. The fraction of sp³-hybridized carbons (Fsp3) is 0.417. The van der Waals surface area contributed by atoms with Gasteiger partial charge >= 0.3 is 5.97 Å². The first-order valence-corrected chi connectivity index (χ1v) is 5.17. The zero-order valence-electron chi connectivity index (χ0n) is 9.09. The maximum atomic E-state index is 11.0. The monoisotopic (exact) mass is 241 g/mol. The maximum Gasteiger partial charge on any atom is 0.306 e. The lowest BCUT2D eigenvalue weighted by atomic mass is 9.86. The molecule has 0 spiro atoms. The van der Waals surface area contributed by atoms with E-state index >= 15 is 0 Å². The van der Waals surface area contributed by atoms with E-state index < -0.39 is 11.9 Å². The smallest absolute Gasteiger partial charge is 0.306 e. The van der Waals surface area contributed by atoms with E-state index in [1.54, 1.807) is 6.92 Å². The highest BCUT2D eigenvalue weighted by Gasteiger charge is 2.36. The molecule has 0 aromatic heterocycles. The third kappa shape index (κ3) is 2.06. The molecule has 16 heavy (non-hydrogen) atoms. The lowest BCUT2D eigenvalue weighted by Crippen LogP contribution is -2.32. The van der Waals surface area contributed by atoms with Crippen LogP contribution in [-0.2, 0) is 11.2 Å². The fourth-order valence-electron chi connectivity index (χ4n) is 2.45. The lowest BCUT2D eigenvalue weighted by molar-refractivity contribution is -0.142. The van der Waals surface area contributed by atoms with Crippen LogP contribution in [0, 0.1) is 5.92 Å². The Morgan fingerprint density at radius 1 is 1.50 bits per heavy atom. The van der Waals surface area contributed by atoms with Crippen LogP contribution in [0.4, 0.5) is 0 Å². The first-order valence-electron chi connectivity index (χ1n) is 5.17. The molecule has 88 valence electrons. The van der Waals surface area contributed by atoms with E-state index in [1.807, 2.05) is 24.3 Å². The number of rotatable bonds is 2. The van der Waals surface area contributed by atoms with Gasteiger partial charge in [0.05, 0.1) is 5.92 Å². The van der Waals surface area contributed by atoms with Gasteiger partial charge in [0.15, 0.2) is 0 Å². The van der Waals surface area contributed by atoms with Crippen molar-refractivity contribution in [2.75, 3.05) is 0 Å². The minimum Gasteiger partial charge on any atom is -0.481 e. The zero-order chi connectivity index (χ0) is 11.0. The summed E-state index contributed by atoms with van der Waals surface area (Å²) >= 11 is 0. The Morgan fingerprint density at radius 2 is 2.12 bits per heavy atom. The largest absolute Gasteiger partial charge is 0.481 e. The van der Waals surface area contributed by atoms with Crippen molar-refractivity contribution in [3.8, 4) is 0 Å². The van der Waals surface area contributed by atoms with Gasteiger partial charge in [-0.1, -0.05) is 31.2 Å². The molecular formula is C12H16ClNO2. The first kappa shape index (κ1) is 13.0. The molecule has 0 radical (unpaired) electrons. The van der Waals surface area contributed by atoms with Gasteiger partial charge in [0, 0.05) is 12.0 Å². The van der Waals surface area contributed by atoms with Crippen molar-refractivity contribution in [2.45, 2.75) is 25.3 Å². The highest BCUT2D eigenvalue weighted by molar-refractivity contribution is 5.85. The van der Waals surface area contributed by atoms with Crippen LogP contribution in [0.15, 0.2) is 24.3 Å². The van der Waals surface area contributed by atoms with Crippen molar-refractivity contribution in [1.29, 1.82) is 0 Å². The average Bonchev–Trinajstić information content (AvgIpc) is 2.52. The second-order valence-corrected chi connectivity index (χ2v) is 4.22. The second kappa shape index (κ2) is 4.85. The summed E-state index contributed by atoms with van der Waals surface area (Å²) in [6.07, 6.45) is 0.790. The quantitative estimate of drug-likeness (QED) is 0.830. The van der Waals surface area contributed by atoms with Crippen LogP contribution < -0.4 is 5.73 Å². The summed E-state index contributed by atoms with van der Waals surface area (Å²) < 4.78 is 0. The van der Waals surface area contributed by atoms with E-state index in [2.05, 4.69) is 0 Å². The molecule has 3 nitrogen and oxygen atoms in total. The third-order valence-electron chi connectivity index (χ3n) is 3.26. The Morgan fingerprint density at radius 3 is 2.75 bits per heavy atom. The lowest BCUT2D eigenvalue weighted by Gasteiger charge is -2.20. The van der Waals surface area contributed by atoms with Crippen molar-refractivity contribution in [3.63, 3.8) is 0 Å². The predicted octanol–water partition coefficient (Wildman–Crippen LogP) is 1.80. The van der Waals surface area contributed by atoms with Gasteiger partial charge in [-0.05, 0) is 17.5 Å². The first-order chi connectivity index (χ1) is 7.11. The normalized spacial score (nSPS) is 24.4. The van der Waals surface area contributed by atoms with Crippen LogP contribution in [-0.4, -0.2) is 17.1 Å². The van der Waals surface area contributed by atoms with Gasteiger partial charge in [-0.3, -0.25) is 4.79 Å². The summed E-state index contributed by atoms with van der Waals surface area (Å²) in [5.41, 5.74) is 8.31. The van der Waals surface area contributed by atoms with E-state index in [-0.39, 0.29) is 24.4 Å². The van der Waals surface area contributed by atoms with Crippen molar-refractivity contribution >= 4 is 18.4 Å². The standard InChI is InChI=1S/C12H15NO2.ClH/c1-7(12(14)15)11-9-5-3-2-4-8(9)6-10(11)13;/h2-5,7,10-11H,6,13H2,1H3,(H,14,15);1H/t7?,10-,11-;/m1./s1. The molecule has 1 unspecified atom stereocenters. The van der Waals surface area contributed by atoms with Gasteiger partial charge in [0.2, 0.25) is 0 Å². The molecule has 3 N–H and O–H groups in total. The molecule has 1 aromatic rings. The predicted molar refractivity (Wildman–Crippen MR) is 64.9 cm³/mol. The summed E-state index contributed by atoms with van der Waals surface area (Å²) in [4.78, 5) is 11.0. The molecule has 0 bridgehead atoms. The zero-order valence-corrected chi connectivity index (χ0v) is 9.91. The van der Waals surface area contributed by atoms with E-state index in [0.717, 1.165) is 12.0 Å². The molecule has 2 rings (SSSR count). The van der Waals surface area contributed by atoms with Crippen molar-refractivity contribution in [3.05, 3.63) is 35.4 Å². The number of nitrogens with two attached hydrogens (primary N) is 1. The number of carbonyl (C=O) groups is 1. The van der Waals surface area contributed by atoms with Gasteiger partial charge in [0.1, 0.15) is 0 Å². The topological polar surface area (TPSA) is 63.3 Å². The van der Waals surface area contributed by atoms with Crippen LogP contribution >= 0.6 is 12.4 Å². The molecule has 3 atom stereocenters. The highest BCUT2D eigenvalue weighted by atomic mass is 35.5. The van der Waals surface area contributed by atoms with Gasteiger partial charge < -0.3 is 10.8 Å². The van der Waals surface area contributed by atoms with Crippen LogP contribution in [0.2, 0.25) is 0 Å². The molecule has 0 aliphatic heterocycles. The van der Waals surface area contributed by atoms with E-state index in [0.29, 0.717) is 0 Å². The number of hydrogen-bond acceptors (Lipinski definition) is 2. The van der Waals surface area contributed by atoms with Crippen LogP contribution in [0.25, 0.3) is 0 Å². The highest BCUT2D eigenvalue weighted by Crippen LogP contribution is 2.37. The SMILES string of the molecule is CC(C(=O)O)[C@@H]1c2ccccc2C[C@H]1N.Cl. The molecule has 1 aliphatic carbocycles. The minimum absolute atomic E-state index is 0.